The van der Waals surface area contributed by atoms with Crippen molar-refractivity contribution >= 4 is 48.2 Å². The maximum atomic E-state index is 3.66. The van der Waals surface area contributed by atoms with Crippen LogP contribution in [0.1, 0.15) is 5.56 Å². The van der Waals surface area contributed by atoms with E-state index in [1.54, 1.807) is 0 Å². The largest absolute Gasteiger partial charge is 0.0610 e. The van der Waals surface area contributed by atoms with Gasteiger partial charge in [0.2, 0.25) is 0 Å². The molecule has 0 amide bonds. The second kappa shape index (κ2) is 3.46. The van der Waals surface area contributed by atoms with E-state index < -0.39 is 0 Å². The Morgan fingerprint density at radius 3 is 2.22 bits per heavy atom. The smallest absolute Gasteiger partial charge is 0.0216 e. The monoisotopic (exact) mass is 294 g/mol. The molecule has 0 saturated heterocycles. The number of halogens is 1. The summed E-state index contributed by atoms with van der Waals surface area (Å²) in [7, 11) is 0. The van der Waals surface area contributed by atoms with Gasteiger partial charge in [-0.3, -0.25) is 0 Å². The average molecular weight is 295 g/mol. The highest BCUT2D eigenvalue weighted by atomic mass is 79.9. The van der Waals surface area contributed by atoms with Crippen molar-refractivity contribution in [2.75, 3.05) is 0 Å². The number of hydrogen-bond acceptors (Lipinski definition) is 0. The molecule has 0 aliphatic rings. The third-order valence-electron chi connectivity index (χ3n) is 3.85. The van der Waals surface area contributed by atoms with Crippen LogP contribution in [0.25, 0.3) is 32.3 Å². The molecular formula is C17H11Br. The molecule has 0 saturated carbocycles. The summed E-state index contributed by atoms with van der Waals surface area (Å²) >= 11 is 3.66. The second-order valence-electron chi connectivity index (χ2n) is 4.84. The molecule has 0 aromatic heterocycles. The molecule has 0 radical (unpaired) electrons. The predicted molar refractivity (Wildman–Crippen MR) is 82.6 cm³/mol. The van der Waals surface area contributed by atoms with Crippen LogP contribution in [0, 0.1) is 6.92 Å². The van der Waals surface area contributed by atoms with Crippen LogP contribution in [0.2, 0.25) is 0 Å². The van der Waals surface area contributed by atoms with Gasteiger partial charge in [-0.15, -0.1) is 0 Å². The molecule has 4 aromatic rings. The van der Waals surface area contributed by atoms with Crippen LogP contribution in [-0.4, -0.2) is 0 Å². The van der Waals surface area contributed by atoms with E-state index in [9.17, 15) is 0 Å². The molecule has 0 bridgehead atoms. The molecule has 0 atom stereocenters. The first-order valence-electron chi connectivity index (χ1n) is 6.08. The lowest BCUT2D eigenvalue weighted by Crippen LogP contribution is -1.87. The fourth-order valence-electron chi connectivity index (χ4n) is 2.92. The summed E-state index contributed by atoms with van der Waals surface area (Å²) in [6, 6.07) is 17.6. The number of benzene rings is 4. The lowest BCUT2D eigenvalue weighted by molar-refractivity contribution is 1.50. The van der Waals surface area contributed by atoms with Gasteiger partial charge in [0.25, 0.3) is 0 Å². The van der Waals surface area contributed by atoms with Crippen LogP contribution in [0.5, 0.6) is 0 Å². The van der Waals surface area contributed by atoms with E-state index in [0.29, 0.717) is 0 Å². The van der Waals surface area contributed by atoms with Crippen LogP contribution < -0.4 is 0 Å². The van der Waals surface area contributed by atoms with E-state index in [1.807, 2.05) is 0 Å². The maximum absolute atomic E-state index is 3.66. The lowest BCUT2D eigenvalue weighted by atomic mass is 9.92. The molecule has 18 heavy (non-hydrogen) atoms. The van der Waals surface area contributed by atoms with E-state index >= 15 is 0 Å². The van der Waals surface area contributed by atoms with Gasteiger partial charge in [0.15, 0.2) is 0 Å². The van der Waals surface area contributed by atoms with Crippen LogP contribution in [0.15, 0.2) is 53.0 Å². The van der Waals surface area contributed by atoms with Crippen LogP contribution in [0.3, 0.4) is 0 Å². The van der Waals surface area contributed by atoms with Crippen LogP contribution in [-0.2, 0) is 0 Å². The fourth-order valence-corrected chi connectivity index (χ4v) is 3.38. The van der Waals surface area contributed by atoms with Crippen molar-refractivity contribution in [1.82, 2.24) is 0 Å². The molecule has 86 valence electrons. The third-order valence-corrected chi connectivity index (χ3v) is 4.68. The molecule has 4 aromatic carbocycles. The summed E-state index contributed by atoms with van der Waals surface area (Å²) < 4.78 is 1.19. The highest BCUT2D eigenvalue weighted by molar-refractivity contribution is 9.10. The summed E-state index contributed by atoms with van der Waals surface area (Å²) in [5.41, 5.74) is 1.32. The van der Waals surface area contributed by atoms with Gasteiger partial charge in [-0.2, -0.15) is 0 Å². The number of rotatable bonds is 0. The highest BCUT2D eigenvalue weighted by Gasteiger charge is 2.10. The summed E-state index contributed by atoms with van der Waals surface area (Å²) in [5.74, 6) is 0. The Kier molecular flexibility index (Phi) is 1.98. The van der Waals surface area contributed by atoms with Crippen molar-refractivity contribution in [3.8, 4) is 0 Å². The molecule has 0 N–H and O–H groups in total. The van der Waals surface area contributed by atoms with Gasteiger partial charge in [-0.25, -0.2) is 0 Å². The van der Waals surface area contributed by atoms with Gasteiger partial charge >= 0.3 is 0 Å². The first-order valence-corrected chi connectivity index (χ1v) is 6.87. The van der Waals surface area contributed by atoms with Crippen LogP contribution in [0.4, 0.5) is 0 Å². The minimum atomic E-state index is 1.19. The van der Waals surface area contributed by atoms with Gasteiger partial charge in [0, 0.05) is 4.47 Å². The summed E-state index contributed by atoms with van der Waals surface area (Å²) in [5, 5.41) is 8.10. The summed E-state index contributed by atoms with van der Waals surface area (Å²) in [6.07, 6.45) is 0. The lowest BCUT2D eigenvalue weighted by Gasteiger charge is -2.13. The molecule has 0 unspecified atom stereocenters. The Hall–Kier alpha value is -1.60. The molecule has 0 fully saturated rings. The van der Waals surface area contributed by atoms with E-state index in [1.165, 1.54) is 42.4 Å². The van der Waals surface area contributed by atoms with Crippen molar-refractivity contribution < 1.29 is 0 Å². The molecule has 4 rings (SSSR count). The Labute approximate surface area is 114 Å². The normalized spacial score (nSPS) is 11.9. The molecular weight excluding hydrogens is 284 g/mol. The van der Waals surface area contributed by atoms with Crippen molar-refractivity contribution in [2.45, 2.75) is 6.92 Å². The Morgan fingerprint density at radius 1 is 0.778 bits per heavy atom. The molecule has 0 spiro atoms. The van der Waals surface area contributed by atoms with Crippen LogP contribution >= 0.6 is 15.9 Å². The zero-order valence-corrected chi connectivity index (χ0v) is 11.6. The Bertz CT molecular complexity index is 874. The zero-order valence-electron chi connectivity index (χ0n) is 10.00. The first kappa shape index (κ1) is 10.3. The Morgan fingerprint density at radius 2 is 1.44 bits per heavy atom. The second-order valence-corrected chi connectivity index (χ2v) is 5.69. The average Bonchev–Trinajstić information content (AvgIpc) is 2.40. The van der Waals surface area contributed by atoms with E-state index in [2.05, 4.69) is 71.4 Å². The standard InChI is InChI=1S/C17H11Br/c1-10-14-8-7-12-4-2-3-11-5-6-13(9-15(10)18)17(14)16(11)12/h2-9H,1H3. The summed E-state index contributed by atoms with van der Waals surface area (Å²) in [6.45, 7) is 2.18. The topological polar surface area (TPSA) is 0 Å². The van der Waals surface area contributed by atoms with Crippen molar-refractivity contribution in [1.29, 1.82) is 0 Å². The molecule has 0 nitrogen and oxygen atoms in total. The summed E-state index contributed by atoms with van der Waals surface area (Å²) in [4.78, 5) is 0. The van der Waals surface area contributed by atoms with E-state index in [-0.39, 0.29) is 0 Å². The fraction of sp³-hybridized carbons (Fsp3) is 0.0588. The van der Waals surface area contributed by atoms with E-state index in [4.69, 9.17) is 0 Å². The molecule has 0 aliphatic carbocycles. The first-order chi connectivity index (χ1) is 8.75. The maximum Gasteiger partial charge on any atom is 0.0216 e. The number of hydrogen-bond donors (Lipinski definition) is 0. The van der Waals surface area contributed by atoms with Gasteiger partial charge in [-0.1, -0.05) is 58.4 Å². The Balaban J connectivity index is 2.46. The predicted octanol–water partition coefficient (Wildman–Crippen LogP) is 5.65. The molecule has 0 heterocycles. The van der Waals surface area contributed by atoms with Crippen molar-refractivity contribution in [3.63, 3.8) is 0 Å². The SMILES string of the molecule is Cc1c(Br)cc2ccc3cccc4ccc1c2c34. The molecule has 1 heteroatoms. The quantitative estimate of drug-likeness (QED) is 0.367. The minimum absolute atomic E-state index is 1.19. The van der Waals surface area contributed by atoms with E-state index in [0.717, 1.165) is 0 Å². The highest BCUT2D eigenvalue weighted by Crippen LogP contribution is 2.38. The van der Waals surface area contributed by atoms with Gasteiger partial charge in [0.1, 0.15) is 0 Å². The number of aryl methyl sites for hydroxylation is 1. The van der Waals surface area contributed by atoms with Crippen molar-refractivity contribution in [2.24, 2.45) is 0 Å². The van der Waals surface area contributed by atoms with Gasteiger partial charge in [-0.05, 0) is 50.9 Å². The van der Waals surface area contributed by atoms with Crippen molar-refractivity contribution in [3.05, 3.63) is 58.6 Å². The molecule has 0 aliphatic heterocycles. The van der Waals surface area contributed by atoms with Gasteiger partial charge < -0.3 is 0 Å². The minimum Gasteiger partial charge on any atom is -0.0610 e. The van der Waals surface area contributed by atoms with Gasteiger partial charge in [0.05, 0.1) is 0 Å². The zero-order chi connectivity index (χ0) is 12.3. The third kappa shape index (κ3) is 1.20.